The second-order valence-corrected chi connectivity index (χ2v) is 7.97. The van der Waals surface area contributed by atoms with E-state index >= 15 is 0 Å². The number of hydrogen-bond acceptors (Lipinski definition) is 7. The lowest BCUT2D eigenvalue weighted by Crippen LogP contribution is -2.14. The molecule has 0 spiro atoms. The molecule has 0 fully saturated rings. The summed E-state index contributed by atoms with van der Waals surface area (Å²) in [5.74, 6) is 0.608. The van der Waals surface area contributed by atoms with Gasteiger partial charge in [-0.25, -0.2) is 0 Å². The molecule has 0 radical (unpaired) electrons. The largest absolute Gasteiger partial charge is 0.494 e. The van der Waals surface area contributed by atoms with Crippen molar-refractivity contribution in [1.82, 2.24) is 19.8 Å². The number of nitrogens with zero attached hydrogens (tertiary/aromatic N) is 4. The first-order valence-electron chi connectivity index (χ1n) is 10.3. The summed E-state index contributed by atoms with van der Waals surface area (Å²) in [6.45, 7) is 4.00. The van der Waals surface area contributed by atoms with Crippen molar-refractivity contribution in [1.29, 1.82) is 0 Å². The van der Waals surface area contributed by atoms with Crippen molar-refractivity contribution in [2.75, 3.05) is 23.0 Å². The van der Waals surface area contributed by atoms with Crippen molar-refractivity contribution < 1.29 is 14.3 Å². The van der Waals surface area contributed by atoms with Gasteiger partial charge in [0.1, 0.15) is 5.75 Å². The van der Waals surface area contributed by atoms with Crippen LogP contribution in [-0.4, -0.2) is 44.0 Å². The summed E-state index contributed by atoms with van der Waals surface area (Å²) in [4.78, 5) is 23.5. The van der Waals surface area contributed by atoms with Crippen LogP contribution in [-0.2, 0) is 9.59 Å². The maximum absolute atomic E-state index is 12.4. The number of carbonyl (C=O) groups excluding carboxylic acids is 2. The molecule has 2 N–H and O–H groups in total. The molecule has 0 aliphatic carbocycles. The van der Waals surface area contributed by atoms with E-state index in [0.29, 0.717) is 28.8 Å². The van der Waals surface area contributed by atoms with Gasteiger partial charge in [0, 0.05) is 23.9 Å². The number of thioether (sulfide) groups is 1. The highest BCUT2D eigenvalue weighted by Gasteiger charge is 2.12. The molecule has 2 aromatic heterocycles. The van der Waals surface area contributed by atoms with Crippen molar-refractivity contribution >= 4 is 40.6 Å². The highest BCUT2D eigenvalue weighted by atomic mass is 32.2. The number of fused-ring (bicyclic) bond motifs is 1. The lowest BCUT2D eigenvalue weighted by atomic mass is 10.1. The van der Waals surface area contributed by atoms with Gasteiger partial charge >= 0.3 is 0 Å². The molecule has 0 saturated carbocycles. The highest BCUT2D eigenvalue weighted by Crippen LogP contribution is 2.23. The minimum Gasteiger partial charge on any atom is -0.494 e. The molecular formula is C23H22N6O3S. The van der Waals surface area contributed by atoms with Gasteiger partial charge in [0.15, 0.2) is 5.65 Å². The average molecular weight is 463 g/mol. The second kappa shape index (κ2) is 10.1. The molecule has 0 saturated heterocycles. The molecule has 0 bridgehead atoms. The van der Waals surface area contributed by atoms with E-state index in [2.05, 4.69) is 25.9 Å². The molecular weight excluding hydrogens is 440 g/mol. The molecule has 33 heavy (non-hydrogen) atoms. The molecule has 0 atom stereocenters. The van der Waals surface area contributed by atoms with Gasteiger partial charge in [-0.1, -0.05) is 11.8 Å². The summed E-state index contributed by atoms with van der Waals surface area (Å²) >= 11 is 1.25. The number of carbonyl (C=O) groups is 2. The molecule has 10 heteroatoms. The minimum absolute atomic E-state index is 0.142. The molecule has 2 aromatic carbocycles. The molecule has 0 unspecified atom stereocenters. The normalized spacial score (nSPS) is 10.7. The Bertz CT molecular complexity index is 1270. The molecule has 2 amide bonds. The lowest BCUT2D eigenvalue weighted by Gasteiger charge is -2.07. The standard InChI is InChI=1S/C23H22N6O3S/c1-3-32-19-10-4-16(5-11-19)20-12-13-21-26-27-23(29(21)28-20)33-14-22(31)25-18-8-6-17(7-9-18)24-15(2)30/h4-13H,3,14H2,1-2H3,(H,24,30)(H,25,31). The highest BCUT2D eigenvalue weighted by molar-refractivity contribution is 7.99. The molecule has 168 valence electrons. The number of ether oxygens (including phenoxy) is 1. The Morgan fingerprint density at radius 1 is 0.939 bits per heavy atom. The number of aromatic nitrogens is 4. The Morgan fingerprint density at radius 3 is 2.30 bits per heavy atom. The predicted molar refractivity (Wildman–Crippen MR) is 127 cm³/mol. The van der Waals surface area contributed by atoms with E-state index in [1.165, 1.54) is 18.7 Å². The number of anilines is 2. The third-order valence-electron chi connectivity index (χ3n) is 4.52. The monoisotopic (exact) mass is 462 g/mol. The Labute approximate surface area is 194 Å². The van der Waals surface area contributed by atoms with Gasteiger partial charge in [-0.3, -0.25) is 9.59 Å². The third kappa shape index (κ3) is 5.66. The van der Waals surface area contributed by atoms with Crippen LogP contribution in [0.4, 0.5) is 11.4 Å². The number of rotatable bonds is 8. The van der Waals surface area contributed by atoms with E-state index in [4.69, 9.17) is 4.74 Å². The van der Waals surface area contributed by atoms with Crippen LogP contribution >= 0.6 is 11.8 Å². The topological polar surface area (TPSA) is 111 Å². The summed E-state index contributed by atoms with van der Waals surface area (Å²) in [7, 11) is 0. The Morgan fingerprint density at radius 2 is 1.64 bits per heavy atom. The Hall–Kier alpha value is -3.92. The van der Waals surface area contributed by atoms with Crippen molar-refractivity contribution in [3.63, 3.8) is 0 Å². The van der Waals surface area contributed by atoms with Crippen LogP contribution in [0.5, 0.6) is 5.75 Å². The Kier molecular flexibility index (Phi) is 6.84. The van der Waals surface area contributed by atoms with Crippen molar-refractivity contribution in [3.05, 3.63) is 60.7 Å². The van der Waals surface area contributed by atoms with E-state index in [-0.39, 0.29) is 17.6 Å². The molecule has 2 heterocycles. The molecule has 4 rings (SSSR count). The number of amides is 2. The fourth-order valence-electron chi connectivity index (χ4n) is 3.07. The van der Waals surface area contributed by atoms with Gasteiger partial charge in [0.2, 0.25) is 17.0 Å². The second-order valence-electron chi connectivity index (χ2n) is 7.02. The van der Waals surface area contributed by atoms with Crippen LogP contribution in [0.25, 0.3) is 16.9 Å². The van der Waals surface area contributed by atoms with Crippen molar-refractivity contribution in [2.45, 2.75) is 19.0 Å². The summed E-state index contributed by atoms with van der Waals surface area (Å²) < 4.78 is 7.12. The number of hydrogen-bond donors (Lipinski definition) is 2. The van der Waals surface area contributed by atoms with Gasteiger partial charge in [-0.15, -0.1) is 10.2 Å². The minimum atomic E-state index is -0.188. The first kappa shape index (κ1) is 22.3. The van der Waals surface area contributed by atoms with Crippen LogP contribution in [0.3, 0.4) is 0 Å². The SMILES string of the molecule is CCOc1ccc(-c2ccc3nnc(SCC(=O)Nc4ccc(NC(C)=O)cc4)n3n2)cc1. The maximum Gasteiger partial charge on any atom is 0.234 e. The van der Waals surface area contributed by atoms with E-state index in [1.54, 1.807) is 28.8 Å². The average Bonchev–Trinajstić information content (AvgIpc) is 3.22. The summed E-state index contributed by atoms with van der Waals surface area (Å²) in [5.41, 5.74) is 3.60. The van der Waals surface area contributed by atoms with Crippen LogP contribution in [0.2, 0.25) is 0 Å². The quantitative estimate of drug-likeness (QED) is 0.382. The zero-order valence-electron chi connectivity index (χ0n) is 18.1. The van der Waals surface area contributed by atoms with Gasteiger partial charge in [0.25, 0.3) is 0 Å². The molecule has 9 nitrogen and oxygen atoms in total. The predicted octanol–water partition coefficient (Wildman–Crippen LogP) is 3.88. The first-order chi connectivity index (χ1) is 16.0. The fourth-order valence-corrected chi connectivity index (χ4v) is 3.76. The molecule has 4 aromatic rings. The van der Waals surface area contributed by atoms with E-state index < -0.39 is 0 Å². The van der Waals surface area contributed by atoms with E-state index in [1.807, 2.05) is 43.3 Å². The van der Waals surface area contributed by atoms with Crippen LogP contribution in [0, 0.1) is 0 Å². The molecule has 0 aliphatic rings. The van der Waals surface area contributed by atoms with Gasteiger partial charge in [-0.05, 0) is 67.6 Å². The zero-order valence-corrected chi connectivity index (χ0v) is 18.9. The van der Waals surface area contributed by atoms with Crippen LogP contribution in [0.1, 0.15) is 13.8 Å². The van der Waals surface area contributed by atoms with Crippen molar-refractivity contribution in [3.8, 4) is 17.0 Å². The maximum atomic E-state index is 12.4. The van der Waals surface area contributed by atoms with Crippen LogP contribution in [0.15, 0.2) is 65.8 Å². The number of nitrogens with one attached hydrogen (secondary N) is 2. The number of benzene rings is 2. The van der Waals surface area contributed by atoms with Gasteiger partial charge in [0.05, 0.1) is 18.1 Å². The van der Waals surface area contributed by atoms with Gasteiger partial charge < -0.3 is 15.4 Å². The van der Waals surface area contributed by atoms with E-state index in [9.17, 15) is 9.59 Å². The Balaban J connectivity index is 1.41. The van der Waals surface area contributed by atoms with Crippen LogP contribution < -0.4 is 15.4 Å². The smallest absolute Gasteiger partial charge is 0.234 e. The summed E-state index contributed by atoms with van der Waals surface area (Å²) in [5, 5.41) is 19.0. The zero-order chi connectivity index (χ0) is 23.2. The third-order valence-corrected chi connectivity index (χ3v) is 5.44. The molecule has 0 aliphatic heterocycles. The first-order valence-corrected chi connectivity index (χ1v) is 11.3. The lowest BCUT2D eigenvalue weighted by molar-refractivity contribution is -0.114. The van der Waals surface area contributed by atoms with E-state index in [0.717, 1.165) is 17.0 Å². The fraction of sp³-hybridized carbons (Fsp3) is 0.174. The summed E-state index contributed by atoms with van der Waals surface area (Å²) in [6, 6.07) is 18.3. The summed E-state index contributed by atoms with van der Waals surface area (Å²) in [6.07, 6.45) is 0. The van der Waals surface area contributed by atoms with Gasteiger partial charge in [-0.2, -0.15) is 9.61 Å². The van der Waals surface area contributed by atoms with Crippen molar-refractivity contribution in [2.24, 2.45) is 0 Å².